The minimum Gasteiger partial charge on any atom is -0.280 e. The molecule has 0 unspecified atom stereocenters. The number of benzene rings is 2. The summed E-state index contributed by atoms with van der Waals surface area (Å²) < 4.78 is 51.3. The van der Waals surface area contributed by atoms with Crippen molar-refractivity contribution in [3.8, 4) is 0 Å². The van der Waals surface area contributed by atoms with Crippen LogP contribution in [0.2, 0.25) is 0 Å². The molecule has 26 heavy (non-hydrogen) atoms. The summed E-state index contributed by atoms with van der Waals surface area (Å²) in [5.41, 5.74) is 2.66. The van der Waals surface area contributed by atoms with Crippen LogP contribution in [0.15, 0.2) is 46.2 Å². The normalized spacial score (nSPS) is 12.8. The fourth-order valence-corrected chi connectivity index (χ4v) is 4.93. The van der Waals surface area contributed by atoms with Crippen molar-refractivity contribution < 1.29 is 16.8 Å². The quantitative estimate of drug-likeness (QED) is 0.854. The molecule has 1 N–H and O–H groups in total. The third-order valence-electron chi connectivity index (χ3n) is 4.13. The van der Waals surface area contributed by atoms with Gasteiger partial charge in [-0.1, -0.05) is 32.9 Å². The molecular formula is C19H25NO4S2. The SMILES string of the molecule is Cc1cc(C(C)(C)C)cc(C)c1S(=O)(=O)Nc1ccc(S(C)(=O)=O)cc1. The van der Waals surface area contributed by atoms with Gasteiger partial charge in [-0.3, -0.25) is 4.72 Å². The molecule has 0 saturated heterocycles. The van der Waals surface area contributed by atoms with Crippen molar-refractivity contribution in [2.75, 3.05) is 11.0 Å². The summed E-state index contributed by atoms with van der Waals surface area (Å²) in [6.07, 6.45) is 1.11. The van der Waals surface area contributed by atoms with Crippen LogP contribution in [0.3, 0.4) is 0 Å². The molecule has 7 heteroatoms. The molecule has 5 nitrogen and oxygen atoms in total. The zero-order valence-electron chi connectivity index (χ0n) is 15.9. The molecule has 0 aliphatic rings. The molecule has 0 bridgehead atoms. The number of nitrogens with one attached hydrogen (secondary N) is 1. The van der Waals surface area contributed by atoms with Gasteiger partial charge in [-0.2, -0.15) is 0 Å². The first-order valence-corrected chi connectivity index (χ1v) is 11.5. The van der Waals surface area contributed by atoms with Gasteiger partial charge in [0.1, 0.15) is 0 Å². The third kappa shape index (κ3) is 4.45. The maximum Gasteiger partial charge on any atom is 0.262 e. The molecule has 2 aromatic carbocycles. The van der Waals surface area contributed by atoms with Gasteiger partial charge in [-0.05, 0) is 60.2 Å². The summed E-state index contributed by atoms with van der Waals surface area (Å²) in [5, 5.41) is 0. The van der Waals surface area contributed by atoms with Crippen molar-refractivity contribution in [3.63, 3.8) is 0 Å². The van der Waals surface area contributed by atoms with Crippen molar-refractivity contribution >= 4 is 25.5 Å². The third-order valence-corrected chi connectivity index (χ3v) is 6.94. The van der Waals surface area contributed by atoms with E-state index in [1.54, 1.807) is 13.8 Å². The Morgan fingerprint density at radius 2 is 1.31 bits per heavy atom. The molecule has 0 aliphatic heterocycles. The number of hydrogen-bond acceptors (Lipinski definition) is 4. The maximum atomic E-state index is 12.9. The van der Waals surface area contributed by atoms with E-state index in [1.807, 2.05) is 12.1 Å². The first-order valence-electron chi connectivity index (χ1n) is 8.16. The second kappa shape index (κ2) is 6.70. The fourth-order valence-electron chi connectivity index (χ4n) is 2.78. The van der Waals surface area contributed by atoms with Gasteiger partial charge in [-0.25, -0.2) is 16.8 Å². The van der Waals surface area contributed by atoms with Gasteiger partial charge in [0.15, 0.2) is 9.84 Å². The Hall–Kier alpha value is -1.86. The monoisotopic (exact) mass is 395 g/mol. The first kappa shape index (κ1) is 20.5. The zero-order valence-corrected chi connectivity index (χ0v) is 17.5. The zero-order chi connectivity index (χ0) is 19.9. The molecule has 2 rings (SSSR count). The highest BCUT2D eigenvalue weighted by molar-refractivity contribution is 7.92. The van der Waals surface area contributed by atoms with E-state index in [-0.39, 0.29) is 15.2 Å². The number of aryl methyl sites for hydroxylation is 2. The summed E-state index contributed by atoms with van der Waals surface area (Å²) in [7, 11) is -7.11. The lowest BCUT2D eigenvalue weighted by atomic mass is 9.85. The molecule has 142 valence electrons. The number of rotatable bonds is 4. The van der Waals surface area contributed by atoms with Gasteiger partial charge in [0.2, 0.25) is 0 Å². The van der Waals surface area contributed by atoms with E-state index >= 15 is 0 Å². The molecule has 0 fully saturated rings. The predicted molar refractivity (Wildman–Crippen MR) is 105 cm³/mol. The standard InChI is InChI=1S/C19H25NO4S2/c1-13-11-15(19(3,4)5)12-14(2)18(13)26(23,24)20-16-7-9-17(10-8-16)25(6,21)22/h7-12,20H,1-6H3. The van der Waals surface area contributed by atoms with E-state index in [0.717, 1.165) is 11.8 Å². The predicted octanol–water partition coefficient (Wildman–Crippen LogP) is 3.81. The van der Waals surface area contributed by atoms with Gasteiger partial charge < -0.3 is 0 Å². The lowest BCUT2D eigenvalue weighted by molar-refractivity contribution is 0.585. The molecule has 0 aromatic heterocycles. The largest absolute Gasteiger partial charge is 0.280 e. The van der Waals surface area contributed by atoms with Crippen LogP contribution in [0.1, 0.15) is 37.5 Å². The Labute approximate surface area is 156 Å². The van der Waals surface area contributed by atoms with Crippen LogP contribution >= 0.6 is 0 Å². The Morgan fingerprint density at radius 3 is 1.69 bits per heavy atom. The summed E-state index contributed by atoms with van der Waals surface area (Å²) in [4.78, 5) is 0.389. The van der Waals surface area contributed by atoms with E-state index in [4.69, 9.17) is 0 Å². The summed E-state index contributed by atoms with van der Waals surface area (Å²) in [6.45, 7) is 9.80. The number of anilines is 1. The summed E-state index contributed by atoms with van der Waals surface area (Å²) >= 11 is 0. The minimum absolute atomic E-state index is 0.0767. The topological polar surface area (TPSA) is 80.3 Å². The lowest BCUT2D eigenvalue weighted by Crippen LogP contribution is -2.18. The number of sulfonamides is 1. The van der Waals surface area contributed by atoms with E-state index < -0.39 is 19.9 Å². The van der Waals surface area contributed by atoms with Crippen LogP contribution in [0.4, 0.5) is 5.69 Å². The van der Waals surface area contributed by atoms with E-state index in [9.17, 15) is 16.8 Å². The van der Waals surface area contributed by atoms with Crippen LogP contribution in [-0.2, 0) is 25.3 Å². The highest BCUT2D eigenvalue weighted by Gasteiger charge is 2.23. The Bertz CT molecular complexity index is 1010. The van der Waals surface area contributed by atoms with Crippen LogP contribution in [-0.4, -0.2) is 23.1 Å². The average molecular weight is 396 g/mol. The molecule has 0 amide bonds. The second-order valence-electron chi connectivity index (χ2n) is 7.59. The Balaban J connectivity index is 2.42. The van der Waals surface area contributed by atoms with Gasteiger partial charge >= 0.3 is 0 Å². The highest BCUT2D eigenvalue weighted by atomic mass is 32.2. The van der Waals surface area contributed by atoms with E-state index in [1.165, 1.54) is 24.3 Å². The summed E-state index contributed by atoms with van der Waals surface area (Å²) in [5.74, 6) is 0. The number of hydrogen-bond donors (Lipinski definition) is 1. The fraction of sp³-hybridized carbons (Fsp3) is 0.368. The average Bonchev–Trinajstić information content (AvgIpc) is 2.44. The van der Waals surface area contributed by atoms with Crippen molar-refractivity contribution in [1.29, 1.82) is 0 Å². The number of sulfone groups is 1. The van der Waals surface area contributed by atoms with Crippen molar-refractivity contribution in [3.05, 3.63) is 53.1 Å². The van der Waals surface area contributed by atoms with Gasteiger partial charge in [0.25, 0.3) is 10.0 Å². The van der Waals surface area contributed by atoms with Gasteiger partial charge in [-0.15, -0.1) is 0 Å². The molecule has 0 aliphatic carbocycles. The van der Waals surface area contributed by atoms with Gasteiger partial charge in [0, 0.05) is 11.9 Å². The second-order valence-corrected chi connectivity index (χ2v) is 11.2. The minimum atomic E-state index is -3.78. The Morgan fingerprint density at radius 1 is 0.846 bits per heavy atom. The maximum absolute atomic E-state index is 12.9. The molecular weight excluding hydrogens is 370 g/mol. The molecule has 0 saturated carbocycles. The molecule has 2 aromatic rings. The van der Waals surface area contributed by atoms with Crippen LogP contribution in [0.5, 0.6) is 0 Å². The van der Waals surface area contributed by atoms with Crippen molar-refractivity contribution in [1.82, 2.24) is 0 Å². The highest BCUT2D eigenvalue weighted by Crippen LogP contribution is 2.30. The summed E-state index contributed by atoms with van der Waals surface area (Å²) in [6, 6.07) is 9.46. The Kier molecular flexibility index (Phi) is 5.27. The molecule has 0 heterocycles. The van der Waals surface area contributed by atoms with Crippen LogP contribution in [0.25, 0.3) is 0 Å². The van der Waals surface area contributed by atoms with Crippen LogP contribution in [0, 0.1) is 13.8 Å². The van der Waals surface area contributed by atoms with Crippen molar-refractivity contribution in [2.45, 2.75) is 49.8 Å². The van der Waals surface area contributed by atoms with Gasteiger partial charge in [0.05, 0.1) is 9.79 Å². The molecule has 0 atom stereocenters. The molecule has 0 spiro atoms. The van der Waals surface area contributed by atoms with E-state index in [2.05, 4.69) is 25.5 Å². The van der Waals surface area contributed by atoms with Crippen LogP contribution < -0.4 is 4.72 Å². The first-order chi connectivity index (χ1) is 11.7. The van der Waals surface area contributed by atoms with E-state index in [0.29, 0.717) is 16.8 Å². The molecule has 0 radical (unpaired) electrons. The lowest BCUT2D eigenvalue weighted by Gasteiger charge is -2.22. The van der Waals surface area contributed by atoms with Crippen molar-refractivity contribution in [2.24, 2.45) is 0 Å². The smallest absolute Gasteiger partial charge is 0.262 e.